The molecule has 6 heteroatoms. The lowest BCUT2D eigenvalue weighted by Crippen LogP contribution is -2.35. The van der Waals surface area contributed by atoms with Crippen molar-refractivity contribution in [2.45, 2.75) is 20.3 Å². The van der Waals surface area contributed by atoms with Crippen molar-refractivity contribution in [1.82, 2.24) is 5.32 Å². The Bertz CT molecular complexity index is 500. The van der Waals surface area contributed by atoms with Gasteiger partial charge in [-0.25, -0.2) is 4.79 Å². The number of hydrogen-bond donors (Lipinski definition) is 3. The van der Waals surface area contributed by atoms with E-state index in [1.165, 1.54) is 6.07 Å². The van der Waals surface area contributed by atoms with Crippen LogP contribution in [0.4, 0.5) is 5.69 Å². The van der Waals surface area contributed by atoms with Crippen LogP contribution in [0, 0.1) is 5.92 Å². The normalized spacial score (nSPS) is 10.1. The summed E-state index contributed by atoms with van der Waals surface area (Å²) in [6.07, 6.45) is 0.363. The maximum atomic E-state index is 11.5. The molecule has 0 heterocycles. The Kier molecular flexibility index (Phi) is 5.44. The summed E-state index contributed by atoms with van der Waals surface area (Å²) in [5.74, 6) is -1.02. The second-order valence-electron chi connectivity index (χ2n) is 4.45. The summed E-state index contributed by atoms with van der Waals surface area (Å²) in [6.45, 7) is 3.85. The molecule has 0 aliphatic heterocycles. The first-order valence-electron chi connectivity index (χ1n) is 5.83. The highest BCUT2D eigenvalue weighted by molar-refractivity contribution is 7.80. The predicted molar refractivity (Wildman–Crippen MR) is 77.2 cm³/mol. The van der Waals surface area contributed by atoms with E-state index in [4.69, 9.17) is 17.3 Å². The maximum Gasteiger partial charge on any atom is 0.337 e. The molecule has 0 radical (unpaired) electrons. The molecule has 0 fully saturated rings. The molecule has 0 spiro atoms. The van der Waals surface area contributed by atoms with Crippen molar-refractivity contribution in [2.75, 3.05) is 5.32 Å². The molecule has 1 amide bonds. The minimum atomic E-state index is -1.06. The minimum absolute atomic E-state index is 0.0966. The van der Waals surface area contributed by atoms with Crippen LogP contribution in [0.25, 0.3) is 0 Å². The van der Waals surface area contributed by atoms with E-state index >= 15 is 0 Å². The molecule has 0 aliphatic carbocycles. The molecule has 0 saturated carbocycles. The third-order valence-corrected chi connectivity index (χ3v) is 2.46. The van der Waals surface area contributed by atoms with Crippen molar-refractivity contribution in [2.24, 2.45) is 5.92 Å². The first-order valence-corrected chi connectivity index (χ1v) is 6.24. The van der Waals surface area contributed by atoms with Gasteiger partial charge in [-0.1, -0.05) is 26.0 Å². The Morgan fingerprint density at radius 1 is 1.32 bits per heavy atom. The average Bonchev–Trinajstić information content (AvgIpc) is 2.27. The number of thiocarbonyl (C=S) groups is 1. The fourth-order valence-electron chi connectivity index (χ4n) is 1.48. The summed E-state index contributed by atoms with van der Waals surface area (Å²) in [5.41, 5.74) is 0.452. The summed E-state index contributed by atoms with van der Waals surface area (Å²) < 4.78 is 0. The van der Waals surface area contributed by atoms with Crippen LogP contribution in [-0.4, -0.2) is 22.1 Å². The van der Waals surface area contributed by atoms with Crippen molar-refractivity contribution in [3.63, 3.8) is 0 Å². The first-order chi connectivity index (χ1) is 8.90. The molecule has 0 bridgehead atoms. The van der Waals surface area contributed by atoms with Gasteiger partial charge in [0.05, 0.1) is 11.3 Å². The lowest BCUT2D eigenvalue weighted by Gasteiger charge is -2.12. The third-order valence-electron chi connectivity index (χ3n) is 2.25. The number of aromatic carboxylic acids is 1. The number of amides is 1. The van der Waals surface area contributed by atoms with Crippen molar-refractivity contribution in [3.05, 3.63) is 29.8 Å². The number of hydrogen-bond acceptors (Lipinski definition) is 3. The zero-order chi connectivity index (χ0) is 14.4. The van der Waals surface area contributed by atoms with E-state index in [9.17, 15) is 9.59 Å². The number of rotatable bonds is 4. The van der Waals surface area contributed by atoms with Crippen LogP contribution in [-0.2, 0) is 4.79 Å². The number of para-hydroxylation sites is 1. The number of carboxylic acids is 1. The molecule has 19 heavy (non-hydrogen) atoms. The van der Waals surface area contributed by atoms with Crippen LogP contribution in [0.1, 0.15) is 30.6 Å². The highest BCUT2D eigenvalue weighted by atomic mass is 32.1. The summed E-state index contributed by atoms with van der Waals surface area (Å²) in [6, 6.07) is 6.36. The second-order valence-corrected chi connectivity index (χ2v) is 4.86. The molecule has 1 aromatic rings. The highest BCUT2D eigenvalue weighted by Gasteiger charge is 2.11. The molecule has 3 N–H and O–H groups in total. The summed E-state index contributed by atoms with van der Waals surface area (Å²) in [4.78, 5) is 22.5. The Labute approximate surface area is 117 Å². The standard InChI is InChI=1S/C13H16N2O3S/c1-8(2)7-11(16)15-13(19)14-10-6-4-3-5-9(10)12(17)18/h3-6,8H,7H2,1-2H3,(H,17,18)(H2,14,15,16,19). The molecule has 0 saturated heterocycles. The zero-order valence-corrected chi connectivity index (χ0v) is 11.6. The summed E-state index contributed by atoms with van der Waals surface area (Å²) >= 11 is 4.98. The van der Waals surface area contributed by atoms with E-state index in [0.717, 1.165) is 0 Å². The quantitative estimate of drug-likeness (QED) is 0.737. The van der Waals surface area contributed by atoms with E-state index in [1.54, 1.807) is 18.2 Å². The van der Waals surface area contributed by atoms with E-state index < -0.39 is 5.97 Å². The smallest absolute Gasteiger partial charge is 0.337 e. The van der Waals surface area contributed by atoms with Crippen LogP contribution in [0.15, 0.2) is 24.3 Å². The maximum absolute atomic E-state index is 11.5. The van der Waals surface area contributed by atoms with Crippen LogP contribution in [0.3, 0.4) is 0 Å². The van der Waals surface area contributed by atoms with Gasteiger partial charge in [0.25, 0.3) is 0 Å². The Balaban J connectivity index is 2.67. The average molecular weight is 280 g/mol. The minimum Gasteiger partial charge on any atom is -0.478 e. The highest BCUT2D eigenvalue weighted by Crippen LogP contribution is 2.14. The molecule has 0 aromatic heterocycles. The van der Waals surface area contributed by atoms with Crippen molar-refractivity contribution in [1.29, 1.82) is 0 Å². The van der Waals surface area contributed by atoms with E-state index in [2.05, 4.69) is 10.6 Å². The Hall–Kier alpha value is -1.95. The Morgan fingerprint density at radius 3 is 2.53 bits per heavy atom. The largest absolute Gasteiger partial charge is 0.478 e. The molecule has 0 atom stereocenters. The van der Waals surface area contributed by atoms with Gasteiger partial charge in [0.2, 0.25) is 5.91 Å². The number of anilines is 1. The van der Waals surface area contributed by atoms with Gasteiger partial charge in [0.1, 0.15) is 0 Å². The number of benzene rings is 1. The summed E-state index contributed by atoms with van der Waals surface area (Å²) in [7, 11) is 0. The number of carbonyl (C=O) groups excluding carboxylic acids is 1. The molecular weight excluding hydrogens is 264 g/mol. The molecule has 0 unspecified atom stereocenters. The molecule has 0 aliphatic rings. The fraction of sp³-hybridized carbons (Fsp3) is 0.308. The first kappa shape index (κ1) is 15.1. The van der Waals surface area contributed by atoms with Gasteiger partial charge in [0.15, 0.2) is 5.11 Å². The van der Waals surface area contributed by atoms with Crippen molar-refractivity contribution in [3.8, 4) is 0 Å². The van der Waals surface area contributed by atoms with Crippen molar-refractivity contribution < 1.29 is 14.7 Å². The topological polar surface area (TPSA) is 78.4 Å². The molecular formula is C13H16N2O3S. The van der Waals surface area contributed by atoms with Gasteiger partial charge in [-0.15, -0.1) is 0 Å². The summed E-state index contributed by atoms with van der Waals surface area (Å²) in [5, 5.41) is 14.3. The van der Waals surface area contributed by atoms with Crippen LogP contribution in [0.2, 0.25) is 0 Å². The SMILES string of the molecule is CC(C)CC(=O)NC(=S)Nc1ccccc1C(=O)O. The van der Waals surface area contributed by atoms with Gasteiger partial charge in [-0.2, -0.15) is 0 Å². The van der Waals surface area contributed by atoms with Crippen LogP contribution >= 0.6 is 12.2 Å². The lowest BCUT2D eigenvalue weighted by molar-refractivity contribution is -0.120. The van der Waals surface area contributed by atoms with E-state index in [0.29, 0.717) is 12.1 Å². The number of nitrogens with one attached hydrogen (secondary N) is 2. The fourth-order valence-corrected chi connectivity index (χ4v) is 1.70. The van der Waals surface area contributed by atoms with E-state index in [1.807, 2.05) is 13.8 Å². The van der Waals surface area contributed by atoms with Crippen LogP contribution < -0.4 is 10.6 Å². The monoisotopic (exact) mass is 280 g/mol. The predicted octanol–water partition coefficient (Wildman–Crippen LogP) is 2.24. The Morgan fingerprint density at radius 2 is 1.95 bits per heavy atom. The van der Waals surface area contributed by atoms with Gasteiger partial charge in [-0.3, -0.25) is 4.79 Å². The molecule has 5 nitrogen and oxygen atoms in total. The number of carbonyl (C=O) groups is 2. The number of carboxylic acid groups (broad SMARTS) is 1. The third kappa shape index (κ3) is 5.05. The van der Waals surface area contributed by atoms with Gasteiger partial charge in [-0.05, 0) is 30.3 Å². The van der Waals surface area contributed by atoms with Gasteiger partial charge in [0, 0.05) is 6.42 Å². The zero-order valence-electron chi connectivity index (χ0n) is 10.8. The van der Waals surface area contributed by atoms with Crippen LogP contribution in [0.5, 0.6) is 0 Å². The molecule has 1 rings (SSSR count). The second kappa shape index (κ2) is 6.84. The molecule has 1 aromatic carbocycles. The van der Waals surface area contributed by atoms with Gasteiger partial charge < -0.3 is 15.7 Å². The van der Waals surface area contributed by atoms with E-state index in [-0.39, 0.29) is 22.5 Å². The van der Waals surface area contributed by atoms with Crippen molar-refractivity contribution >= 4 is 34.9 Å². The lowest BCUT2D eigenvalue weighted by atomic mass is 10.1. The van der Waals surface area contributed by atoms with Gasteiger partial charge >= 0.3 is 5.97 Å². The molecule has 102 valence electrons.